The summed E-state index contributed by atoms with van der Waals surface area (Å²) in [6, 6.07) is 2.32. The molecule has 5 heteroatoms. The van der Waals surface area contributed by atoms with E-state index in [1.165, 1.54) is 0 Å². The van der Waals surface area contributed by atoms with Crippen LogP contribution in [0.3, 0.4) is 0 Å². The Morgan fingerprint density at radius 3 is 2.71 bits per heavy atom. The van der Waals surface area contributed by atoms with E-state index in [1.807, 2.05) is 0 Å². The molecule has 21 heavy (non-hydrogen) atoms. The number of hydrogen-bond acceptors (Lipinski definition) is 5. The topological polar surface area (TPSA) is 77.6 Å². The first-order valence-electron chi connectivity index (χ1n) is 6.94. The van der Waals surface area contributed by atoms with Crippen molar-refractivity contribution in [3.05, 3.63) is 35.2 Å². The Morgan fingerprint density at radius 2 is 2.14 bits per heavy atom. The molecule has 2 aliphatic rings. The molecular weight excluding hydrogens is 264 g/mol. The van der Waals surface area contributed by atoms with Gasteiger partial charge in [0.25, 0.3) is 0 Å². The molecule has 0 bridgehead atoms. The van der Waals surface area contributed by atoms with E-state index in [0.29, 0.717) is 30.0 Å². The third-order valence-electron chi connectivity index (χ3n) is 3.66. The highest BCUT2D eigenvalue weighted by Gasteiger charge is 2.21. The van der Waals surface area contributed by atoms with E-state index >= 15 is 0 Å². The Kier molecular flexibility index (Phi) is 4.83. The van der Waals surface area contributed by atoms with Crippen molar-refractivity contribution in [2.75, 3.05) is 7.05 Å². The monoisotopic (exact) mass is 282 g/mol. The molecule has 0 aromatic carbocycles. The number of hydrogen-bond donors (Lipinski definition) is 1. The van der Waals surface area contributed by atoms with Gasteiger partial charge < -0.3 is 5.32 Å². The predicted molar refractivity (Wildman–Crippen MR) is 83.2 cm³/mol. The molecule has 1 saturated carbocycles. The van der Waals surface area contributed by atoms with Crippen LogP contribution in [0.4, 0.5) is 0 Å². The molecule has 2 aliphatic carbocycles. The normalized spacial score (nSPS) is 23.5. The average Bonchev–Trinajstić information content (AvgIpc) is 2.53. The first-order valence-corrected chi connectivity index (χ1v) is 6.94. The summed E-state index contributed by atoms with van der Waals surface area (Å²) >= 11 is 0. The van der Waals surface area contributed by atoms with Crippen LogP contribution in [0.1, 0.15) is 25.7 Å². The number of Topliss-reactive ketones (excluding diaryl/α,β-unsaturated/α-hetero) is 1. The molecule has 0 radical (unpaired) electrons. The summed E-state index contributed by atoms with van der Waals surface area (Å²) in [7, 11) is 1.70. The molecule has 0 aromatic heterocycles. The van der Waals surface area contributed by atoms with Gasteiger partial charge in [-0.25, -0.2) is 4.99 Å². The Bertz CT molecular complexity index is 607. The highest BCUT2D eigenvalue weighted by Crippen LogP contribution is 2.21. The Balaban J connectivity index is 2.26. The molecular formula is C16H18N4O. The summed E-state index contributed by atoms with van der Waals surface area (Å²) in [5.74, 6) is 0.934. The van der Waals surface area contributed by atoms with Crippen LogP contribution >= 0.6 is 0 Å². The van der Waals surface area contributed by atoms with Crippen molar-refractivity contribution in [3.8, 4) is 6.07 Å². The number of allylic oxidation sites excluding steroid dienone is 5. The van der Waals surface area contributed by atoms with Gasteiger partial charge in [-0.05, 0) is 37.8 Å². The van der Waals surface area contributed by atoms with Gasteiger partial charge in [0, 0.05) is 31.5 Å². The molecule has 0 heterocycles. The van der Waals surface area contributed by atoms with Crippen LogP contribution in [-0.4, -0.2) is 31.3 Å². The fourth-order valence-corrected chi connectivity index (χ4v) is 2.48. The summed E-state index contributed by atoms with van der Waals surface area (Å²) in [5, 5.41) is 12.4. The molecule has 0 atom stereocenters. The van der Waals surface area contributed by atoms with E-state index in [9.17, 15) is 4.79 Å². The van der Waals surface area contributed by atoms with Gasteiger partial charge in [-0.15, -0.1) is 0 Å². The number of carbonyl (C=O) groups is 1. The van der Waals surface area contributed by atoms with Crippen LogP contribution in [0.5, 0.6) is 0 Å². The summed E-state index contributed by atoms with van der Waals surface area (Å²) in [6.45, 7) is 3.61. The molecule has 1 N–H and O–H groups in total. The van der Waals surface area contributed by atoms with Gasteiger partial charge in [0.15, 0.2) is 0 Å². The van der Waals surface area contributed by atoms with Crippen LogP contribution < -0.4 is 5.32 Å². The zero-order valence-electron chi connectivity index (χ0n) is 12.1. The van der Waals surface area contributed by atoms with E-state index < -0.39 is 0 Å². The number of nitriles is 1. The standard InChI is InChI=1S/C16H18N4O/c1-18-15-8-3-11(10-17)9-14(15)16(19-2)20-12-4-6-13(21)7-5-12/h3,8-9,12,20H,2,4-7H2,1H3/b16-14+,18-15-. The van der Waals surface area contributed by atoms with E-state index in [1.54, 1.807) is 25.3 Å². The van der Waals surface area contributed by atoms with E-state index in [0.717, 1.165) is 24.1 Å². The molecule has 108 valence electrons. The van der Waals surface area contributed by atoms with Crippen LogP contribution in [-0.2, 0) is 4.79 Å². The van der Waals surface area contributed by atoms with Crippen molar-refractivity contribution in [2.24, 2.45) is 9.98 Å². The van der Waals surface area contributed by atoms with Crippen molar-refractivity contribution in [2.45, 2.75) is 31.7 Å². The van der Waals surface area contributed by atoms with Crippen molar-refractivity contribution >= 4 is 18.2 Å². The third-order valence-corrected chi connectivity index (χ3v) is 3.66. The van der Waals surface area contributed by atoms with Crippen molar-refractivity contribution in [1.29, 1.82) is 5.26 Å². The zero-order valence-corrected chi connectivity index (χ0v) is 12.1. The van der Waals surface area contributed by atoms with Crippen molar-refractivity contribution in [1.82, 2.24) is 5.32 Å². The maximum absolute atomic E-state index is 11.3. The third kappa shape index (κ3) is 3.54. The Labute approximate surface area is 124 Å². The number of rotatable bonds is 3. The first-order chi connectivity index (χ1) is 10.2. The molecule has 0 aromatic rings. The summed E-state index contributed by atoms with van der Waals surface area (Å²) in [6.07, 6.45) is 8.09. The SMILES string of the molecule is C=N/C(NC1CCC(=O)CC1)=C1/C=C(C#N)C=C/C1=N/C. The minimum atomic E-state index is 0.207. The number of ketones is 1. The number of aliphatic imine (C=N–C) groups is 2. The second kappa shape index (κ2) is 6.80. The lowest BCUT2D eigenvalue weighted by Crippen LogP contribution is -2.33. The fraction of sp³-hybridized carbons (Fsp3) is 0.375. The second-order valence-corrected chi connectivity index (χ2v) is 5.03. The zero-order chi connectivity index (χ0) is 15.2. The van der Waals surface area contributed by atoms with Gasteiger partial charge in [0.2, 0.25) is 0 Å². The summed E-state index contributed by atoms with van der Waals surface area (Å²) < 4.78 is 0. The maximum atomic E-state index is 11.3. The smallest absolute Gasteiger partial charge is 0.134 e. The number of carbonyl (C=O) groups excluding carboxylic acids is 1. The molecule has 0 spiro atoms. The average molecular weight is 282 g/mol. The van der Waals surface area contributed by atoms with Gasteiger partial charge in [0.05, 0.1) is 17.4 Å². The number of nitrogens with one attached hydrogen (secondary N) is 1. The molecule has 0 unspecified atom stereocenters. The lowest BCUT2D eigenvalue weighted by molar-refractivity contribution is -0.120. The largest absolute Gasteiger partial charge is 0.367 e. The van der Waals surface area contributed by atoms with E-state index in [4.69, 9.17) is 5.26 Å². The van der Waals surface area contributed by atoms with Gasteiger partial charge in [-0.3, -0.25) is 9.79 Å². The molecule has 0 saturated heterocycles. The predicted octanol–water partition coefficient (Wildman–Crippen LogP) is 2.09. The van der Waals surface area contributed by atoms with Crippen molar-refractivity contribution < 1.29 is 4.79 Å². The molecule has 2 rings (SSSR count). The minimum absolute atomic E-state index is 0.207. The Morgan fingerprint density at radius 1 is 1.43 bits per heavy atom. The van der Waals surface area contributed by atoms with Crippen molar-refractivity contribution in [3.63, 3.8) is 0 Å². The minimum Gasteiger partial charge on any atom is -0.367 e. The van der Waals surface area contributed by atoms with Crippen LogP contribution in [0.2, 0.25) is 0 Å². The highest BCUT2D eigenvalue weighted by molar-refractivity contribution is 6.12. The van der Waals surface area contributed by atoms with Gasteiger partial charge in [-0.2, -0.15) is 5.26 Å². The molecule has 0 amide bonds. The van der Waals surface area contributed by atoms with E-state index in [2.05, 4.69) is 28.1 Å². The first kappa shape index (κ1) is 14.9. The van der Waals surface area contributed by atoms with Gasteiger partial charge in [-0.1, -0.05) is 0 Å². The van der Waals surface area contributed by atoms with E-state index in [-0.39, 0.29) is 6.04 Å². The quantitative estimate of drug-likeness (QED) is 0.805. The summed E-state index contributed by atoms with van der Waals surface area (Å²) in [4.78, 5) is 19.6. The van der Waals surface area contributed by atoms with Gasteiger partial charge in [0.1, 0.15) is 11.6 Å². The lowest BCUT2D eigenvalue weighted by atomic mass is 9.94. The molecule has 0 aliphatic heterocycles. The highest BCUT2D eigenvalue weighted by atomic mass is 16.1. The second-order valence-electron chi connectivity index (χ2n) is 5.03. The molecule has 5 nitrogen and oxygen atoms in total. The van der Waals surface area contributed by atoms with Gasteiger partial charge >= 0.3 is 0 Å². The van der Waals surface area contributed by atoms with Crippen LogP contribution in [0.25, 0.3) is 0 Å². The fourth-order valence-electron chi connectivity index (χ4n) is 2.48. The maximum Gasteiger partial charge on any atom is 0.134 e. The Hall–Kier alpha value is -2.48. The summed E-state index contributed by atoms with van der Waals surface area (Å²) in [5.41, 5.74) is 2.08. The molecule has 1 fully saturated rings. The van der Waals surface area contributed by atoms with Crippen LogP contribution in [0, 0.1) is 11.3 Å². The number of nitrogens with zero attached hydrogens (tertiary/aromatic N) is 3. The lowest BCUT2D eigenvalue weighted by Gasteiger charge is -2.24. The van der Waals surface area contributed by atoms with Crippen LogP contribution in [0.15, 0.2) is 45.2 Å².